The fourth-order valence-electron chi connectivity index (χ4n) is 2.85. The highest BCUT2D eigenvalue weighted by molar-refractivity contribution is 6.44. The maximum Gasteiger partial charge on any atom is 0.384 e. The summed E-state index contributed by atoms with van der Waals surface area (Å²) < 4.78 is 10.8. The van der Waals surface area contributed by atoms with Crippen LogP contribution in [0.15, 0.2) is 54.6 Å². The fourth-order valence-corrected chi connectivity index (χ4v) is 3.90. The summed E-state index contributed by atoms with van der Waals surface area (Å²) in [6, 6.07) is 20.5. The van der Waals surface area contributed by atoms with Gasteiger partial charge in [-0.1, -0.05) is 54.6 Å². The Balaban J connectivity index is 2.02. The topological polar surface area (TPSA) is 18.5 Å². The van der Waals surface area contributed by atoms with Crippen LogP contribution in [0.3, 0.4) is 0 Å². The Morgan fingerprint density at radius 3 is 2.33 bits per heavy atom. The van der Waals surface area contributed by atoms with Crippen LogP contribution in [-0.2, 0) is 15.3 Å². The van der Waals surface area contributed by atoms with Gasteiger partial charge in [0.15, 0.2) is 0 Å². The molecule has 0 bridgehead atoms. The van der Waals surface area contributed by atoms with Gasteiger partial charge in [-0.05, 0) is 39.6 Å². The van der Waals surface area contributed by atoms with Gasteiger partial charge in [0.1, 0.15) is 0 Å². The van der Waals surface area contributed by atoms with Crippen LogP contribution in [0.2, 0.25) is 6.04 Å². The van der Waals surface area contributed by atoms with E-state index < -0.39 is 9.28 Å². The highest BCUT2D eigenvalue weighted by Gasteiger charge is 2.13. The van der Waals surface area contributed by atoms with Gasteiger partial charge in [-0.2, -0.15) is 0 Å². The Morgan fingerprint density at radius 1 is 0.762 bits per heavy atom. The highest BCUT2D eigenvalue weighted by atomic mass is 28.3. The molecule has 3 aromatic carbocycles. The molecule has 0 spiro atoms. The minimum absolute atomic E-state index is 0.962. The first-order valence-electron chi connectivity index (χ1n) is 7.16. The monoisotopic (exact) mass is 295 g/mol. The molecule has 0 saturated heterocycles. The summed E-state index contributed by atoms with van der Waals surface area (Å²) >= 11 is 0. The zero-order valence-corrected chi connectivity index (χ0v) is 13.4. The lowest BCUT2D eigenvalue weighted by atomic mass is 9.97. The number of benzene rings is 3. The molecule has 1 radical (unpaired) electrons. The highest BCUT2D eigenvalue weighted by Crippen LogP contribution is 2.28. The van der Waals surface area contributed by atoms with Crippen molar-refractivity contribution >= 4 is 30.8 Å². The predicted octanol–water partition coefficient (Wildman–Crippen LogP) is 4.32. The van der Waals surface area contributed by atoms with Gasteiger partial charge in [-0.25, -0.2) is 0 Å². The number of aryl methyl sites for hydroxylation is 1. The Hall–Kier alpha value is -1.68. The van der Waals surface area contributed by atoms with E-state index in [0.29, 0.717) is 0 Å². The SMILES string of the molecule is CO[Si](CCc1cccc2c1ccc1ccccc12)OC. The molecule has 3 rings (SSSR count). The van der Waals surface area contributed by atoms with Crippen molar-refractivity contribution in [2.24, 2.45) is 0 Å². The zero-order valence-electron chi connectivity index (χ0n) is 12.4. The molecular formula is C18H19O2Si. The first kappa shape index (κ1) is 14.3. The van der Waals surface area contributed by atoms with Crippen LogP contribution in [0.5, 0.6) is 0 Å². The summed E-state index contributed by atoms with van der Waals surface area (Å²) in [6.45, 7) is 0. The Bertz CT molecular complexity index is 750. The van der Waals surface area contributed by atoms with E-state index in [2.05, 4.69) is 54.6 Å². The molecule has 0 N–H and O–H groups in total. The predicted molar refractivity (Wildman–Crippen MR) is 89.7 cm³/mol. The van der Waals surface area contributed by atoms with Crippen LogP contribution < -0.4 is 0 Å². The summed E-state index contributed by atoms with van der Waals surface area (Å²) in [5.74, 6) is 0. The molecule has 0 amide bonds. The number of hydrogen-bond donors (Lipinski definition) is 0. The smallest absolute Gasteiger partial charge is 0.384 e. The second-order valence-electron chi connectivity index (χ2n) is 5.08. The minimum Gasteiger partial charge on any atom is -0.397 e. The van der Waals surface area contributed by atoms with Gasteiger partial charge in [0.2, 0.25) is 0 Å². The standard InChI is InChI=1S/C18H19O2Si/c1-19-21(20-2)13-12-15-7-5-9-18-16-8-4-3-6-14(16)10-11-17(15)18/h3-11H,12-13H2,1-2H3. The van der Waals surface area contributed by atoms with Crippen LogP contribution in [0.25, 0.3) is 21.5 Å². The van der Waals surface area contributed by atoms with Crippen molar-refractivity contribution in [2.45, 2.75) is 12.5 Å². The quantitative estimate of drug-likeness (QED) is 0.515. The Morgan fingerprint density at radius 2 is 1.52 bits per heavy atom. The largest absolute Gasteiger partial charge is 0.397 e. The van der Waals surface area contributed by atoms with E-state index in [1.54, 1.807) is 14.2 Å². The van der Waals surface area contributed by atoms with Gasteiger partial charge in [-0.3, -0.25) is 0 Å². The lowest BCUT2D eigenvalue weighted by Crippen LogP contribution is -2.19. The molecule has 0 aliphatic carbocycles. The first-order chi connectivity index (χ1) is 10.3. The van der Waals surface area contributed by atoms with E-state index >= 15 is 0 Å². The van der Waals surface area contributed by atoms with Crippen molar-refractivity contribution in [1.82, 2.24) is 0 Å². The van der Waals surface area contributed by atoms with Crippen molar-refractivity contribution in [2.75, 3.05) is 14.2 Å². The summed E-state index contributed by atoms with van der Waals surface area (Å²) in [7, 11) is 2.33. The van der Waals surface area contributed by atoms with Crippen molar-refractivity contribution in [3.8, 4) is 0 Å². The molecule has 2 nitrogen and oxygen atoms in total. The third-order valence-corrected chi connectivity index (χ3v) is 5.50. The Kier molecular flexibility index (Phi) is 4.34. The summed E-state index contributed by atoms with van der Waals surface area (Å²) in [6.07, 6.45) is 0.992. The van der Waals surface area contributed by atoms with Gasteiger partial charge in [0, 0.05) is 14.2 Å². The minimum atomic E-state index is -1.13. The molecule has 0 aromatic heterocycles. The lowest BCUT2D eigenvalue weighted by Gasteiger charge is -2.12. The van der Waals surface area contributed by atoms with Crippen LogP contribution in [0, 0.1) is 0 Å². The van der Waals surface area contributed by atoms with Crippen LogP contribution >= 0.6 is 0 Å². The van der Waals surface area contributed by atoms with Gasteiger partial charge < -0.3 is 8.85 Å². The second-order valence-corrected chi connectivity index (χ2v) is 7.14. The lowest BCUT2D eigenvalue weighted by molar-refractivity contribution is 0.277. The van der Waals surface area contributed by atoms with Crippen molar-refractivity contribution < 1.29 is 8.85 Å². The molecule has 0 unspecified atom stereocenters. The van der Waals surface area contributed by atoms with Crippen LogP contribution in [0.1, 0.15) is 5.56 Å². The van der Waals surface area contributed by atoms with Crippen molar-refractivity contribution in [3.05, 3.63) is 60.2 Å². The van der Waals surface area contributed by atoms with Gasteiger partial charge in [0.05, 0.1) is 0 Å². The maximum absolute atomic E-state index is 5.38. The maximum atomic E-state index is 5.38. The zero-order chi connectivity index (χ0) is 14.7. The van der Waals surface area contributed by atoms with E-state index in [1.165, 1.54) is 27.1 Å². The molecule has 0 heterocycles. The van der Waals surface area contributed by atoms with Gasteiger partial charge in [-0.15, -0.1) is 0 Å². The van der Waals surface area contributed by atoms with Crippen molar-refractivity contribution in [3.63, 3.8) is 0 Å². The number of rotatable bonds is 5. The molecule has 0 saturated carbocycles. The molecule has 0 aliphatic heterocycles. The van der Waals surface area contributed by atoms with Crippen molar-refractivity contribution in [1.29, 1.82) is 0 Å². The summed E-state index contributed by atoms with van der Waals surface area (Å²) in [4.78, 5) is 0. The molecule has 107 valence electrons. The second kappa shape index (κ2) is 6.39. The van der Waals surface area contributed by atoms with E-state index in [0.717, 1.165) is 12.5 Å². The number of fused-ring (bicyclic) bond motifs is 3. The van der Waals surface area contributed by atoms with Gasteiger partial charge in [0.25, 0.3) is 0 Å². The molecule has 0 atom stereocenters. The molecule has 0 aliphatic rings. The fraction of sp³-hybridized carbons (Fsp3) is 0.222. The average Bonchev–Trinajstić information content (AvgIpc) is 2.55. The first-order valence-corrected chi connectivity index (χ1v) is 8.69. The van der Waals surface area contributed by atoms with E-state index in [4.69, 9.17) is 8.85 Å². The van der Waals surface area contributed by atoms with E-state index in [1.807, 2.05) is 0 Å². The summed E-state index contributed by atoms with van der Waals surface area (Å²) in [5, 5.41) is 5.28. The van der Waals surface area contributed by atoms with E-state index in [9.17, 15) is 0 Å². The molecule has 3 aromatic rings. The molecule has 3 heteroatoms. The molecule has 0 fully saturated rings. The van der Waals surface area contributed by atoms with Crippen LogP contribution in [-0.4, -0.2) is 23.5 Å². The Labute approximate surface area is 127 Å². The third-order valence-electron chi connectivity index (χ3n) is 3.93. The number of hydrogen-bond acceptors (Lipinski definition) is 2. The average molecular weight is 295 g/mol. The summed E-state index contributed by atoms with van der Waals surface area (Å²) in [5.41, 5.74) is 1.37. The molecular weight excluding hydrogens is 276 g/mol. The molecule has 21 heavy (non-hydrogen) atoms. The normalized spacial score (nSPS) is 11.6. The van der Waals surface area contributed by atoms with Crippen LogP contribution in [0.4, 0.5) is 0 Å². The van der Waals surface area contributed by atoms with Gasteiger partial charge >= 0.3 is 9.28 Å². The third kappa shape index (κ3) is 2.86. The van der Waals surface area contributed by atoms with E-state index in [-0.39, 0.29) is 0 Å².